The van der Waals surface area contributed by atoms with Crippen molar-refractivity contribution >= 4 is 23.8 Å². The van der Waals surface area contributed by atoms with Gasteiger partial charge in [0.15, 0.2) is 5.54 Å². The van der Waals surface area contributed by atoms with Crippen LogP contribution in [-0.2, 0) is 19.1 Å². The monoisotopic (exact) mass is 404 g/mol. The lowest BCUT2D eigenvalue weighted by Gasteiger charge is -2.29. The number of hydrogen-bond donors (Lipinski definition) is 3. The number of aliphatic hydroxyl groups is 1. The molecule has 2 aliphatic heterocycles. The summed E-state index contributed by atoms with van der Waals surface area (Å²) < 4.78 is 4.66. The first-order chi connectivity index (χ1) is 13.8. The summed E-state index contributed by atoms with van der Waals surface area (Å²) in [6.45, 7) is 1.31. The van der Waals surface area contributed by atoms with Crippen molar-refractivity contribution in [2.75, 3.05) is 20.3 Å². The minimum absolute atomic E-state index is 0.219. The topological polar surface area (TPSA) is 133 Å². The van der Waals surface area contributed by atoms with Gasteiger partial charge in [0.05, 0.1) is 31.1 Å². The summed E-state index contributed by atoms with van der Waals surface area (Å²) in [6, 6.07) is 5.39. The smallest absolute Gasteiger partial charge is 0.337 e. The molecule has 0 aliphatic carbocycles. The van der Waals surface area contributed by atoms with E-state index in [1.54, 1.807) is 12.1 Å². The van der Waals surface area contributed by atoms with Crippen LogP contribution in [0.25, 0.3) is 0 Å². The van der Waals surface area contributed by atoms with Crippen LogP contribution in [0, 0.1) is 11.8 Å². The van der Waals surface area contributed by atoms with E-state index in [1.165, 1.54) is 19.2 Å². The molecule has 156 valence electrons. The number of nitrogens with one attached hydrogen (secondary N) is 1. The highest BCUT2D eigenvalue weighted by atomic mass is 16.5. The maximum absolute atomic E-state index is 13.1. The average molecular weight is 404 g/mol. The summed E-state index contributed by atoms with van der Waals surface area (Å²) >= 11 is 0. The fraction of sp³-hybridized carbons (Fsp3) is 0.500. The van der Waals surface area contributed by atoms with E-state index in [-0.39, 0.29) is 6.54 Å². The Labute approximate surface area is 167 Å². The number of rotatable bonds is 7. The number of carboxylic acid groups (broad SMARTS) is 1. The van der Waals surface area contributed by atoms with Crippen molar-refractivity contribution in [1.82, 2.24) is 10.2 Å². The highest BCUT2D eigenvalue weighted by Gasteiger charge is 2.68. The van der Waals surface area contributed by atoms with Crippen molar-refractivity contribution in [1.29, 1.82) is 0 Å². The van der Waals surface area contributed by atoms with Crippen LogP contribution in [0.2, 0.25) is 0 Å². The van der Waals surface area contributed by atoms with E-state index >= 15 is 0 Å². The molecule has 3 rings (SSSR count). The molecule has 2 amide bonds. The molecule has 1 aromatic rings. The van der Waals surface area contributed by atoms with E-state index in [0.717, 1.165) is 11.3 Å². The first-order valence-electron chi connectivity index (χ1n) is 9.47. The number of aliphatic carboxylic acids is 1. The van der Waals surface area contributed by atoms with Crippen LogP contribution >= 0.6 is 0 Å². The summed E-state index contributed by atoms with van der Waals surface area (Å²) in [5, 5.41) is 22.6. The number of carboxylic acids is 1. The molecule has 1 aromatic carbocycles. The number of amides is 2. The Kier molecular flexibility index (Phi) is 5.72. The minimum atomic E-state index is -1.95. The van der Waals surface area contributed by atoms with Gasteiger partial charge in [-0.2, -0.15) is 0 Å². The maximum atomic E-state index is 13.1. The lowest BCUT2D eigenvalue weighted by molar-refractivity contribution is -0.153. The standard InChI is InChI=1S/C20H24N2O7/c1-3-4-9-22-16(24)13-14(17(22)25)20(10-23,19(27)28)21-15(13)11-5-7-12(8-6-11)18(26)29-2/h5-8,13-15,21,23H,3-4,9-10H2,1-2H3,(H,27,28). The Morgan fingerprint density at radius 3 is 2.38 bits per heavy atom. The molecule has 4 atom stereocenters. The third kappa shape index (κ3) is 3.20. The number of methoxy groups -OCH3 is 1. The molecule has 29 heavy (non-hydrogen) atoms. The van der Waals surface area contributed by atoms with Crippen molar-refractivity contribution < 1.29 is 34.1 Å². The van der Waals surface area contributed by atoms with Crippen molar-refractivity contribution in [3.63, 3.8) is 0 Å². The van der Waals surface area contributed by atoms with Gasteiger partial charge in [-0.15, -0.1) is 0 Å². The van der Waals surface area contributed by atoms with E-state index in [4.69, 9.17) is 0 Å². The molecule has 9 nitrogen and oxygen atoms in total. The SMILES string of the molecule is CCCCN1C(=O)C2C(c3ccc(C(=O)OC)cc3)NC(CO)(C(=O)O)C2C1=O. The number of fused-ring (bicyclic) bond motifs is 1. The molecule has 0 radical (unpaired) electrons. The van der Waals surface area contributed by atoms with Crippen LogP contribution in [0.4, 0.5) is 0 Å². The molecule has 9 heteroatoms. The summed E-state index contributed by atoms with van der Waals surface area (Å²) in [6.07, 6.45) is 1.38. The fourth-order valence-corrected chi connectivity index (χ4v) is 4.24. The maximum Gasteiger partial charge on any atom is 0.337 e. The van der Waals surface area contributed by atoms with Gasteiger partial charge in [-0.1, -0.05) is 25.5 Å². The summed E-state index contributed by atoms with van der Waals surface area (Å²) in [5.41, 5.74) is -1.11. The second-order valence-electron chi connectivity index (χ2n) is 7.36. The van der Waals surface area contributed by atoms with Gasteiger partial charge in [0, 0.05) is 12.6 Å². The second kappa shape index (κ2) is 7.92. The molecule has 2 fully saturated rings. The molecule has 0 saturated carbocycles. The minimum Gasteiger partial charge on any atom is -0.480 e. The number of nitrogens with zero attached hydrogens (tertiary/aromatic N) is 1. The van der Waals surface area contributed by atoms with Gasteiger partial charge in [0.25, 0.3) is 0 Å². The van der Waals surface area contributed by atoms with Crippen LogP contribution in [0.5, 0.6) is 0 Å². The summed E-state index contributed by atoms with van der Waals surface area (Å²) in [4.78, 5) is 50.9. The Morgan fingerprint density at radius 1 is 1.21 bits per heavy atom. The molecule has 2 aliphatic rings. The van der Waals surface area contributed by atoms with E-state index in [0.29, 0.717) is 17.5 Å². The number of imide groups is 1. The zero-order chi connectivity index (χ0) is 21.3. The van der Waals surface area contributed by atoms with E-state index in [9.17, 15) is 29.4 Å². The zero-order valence-electron chi connectivity index (χ0n) is 16.3. The molecular weight excluding hydrogens is 380 g/mol. The van der Waals surface area contributed by atoms with Crippen LogP contribution in [-0.4, -0.2) is 64.7 Å². The number of likely N-dealkylation sites (tertiary alicyclic amines) is 1. The van der Waals surface area contributed by atoms with Crippen molar-refractivity contribution in [3.05, 3.63) is 35.4 Å². The van der Waals surface area contributed by atoms with Crippen molar-refractivity contribution in [3.8, 4) is 0 Å². The fourth-order valence-electron chi connectivity index (χ4n) is 4.24. The van der Waals surface area contributed by atoms with E-state index in [2.05, 4.69) is 10.1 Å². The van der Waals surface area contributed by atoms with Gasteiger partial charge in [-0.05, 0) is 24.1 Å². The van der Waals surface area contributed by atoms with Gasteiger partial charge < -0.3 is 14.9 Å². The first-order valence-corrected chi connectivity index (χ1v) is 9.47. The summed E-state index contributed by atoms with van der Waals surface area (Å²) in [5.74, 6) is -5.10. The average Bonchev–Trinajstić information content (AvgIpc) is 3.21. The van der Waals surface area contributed by atoms with Gasteiger partial charge in [-0.25, -0.2) is 4.79 Å². The van der Waals surface area contributed by atoms with Gasteiger partial charge >= 0.3 is 11.9 Å². The van der Waals surface area contributed by atoms with Crippen LogP contribution in [0.1, 0.15) is 41.7 Å². The molecule has 2 saturated heterocycles. The third-order valence-electron chi connectivity index (χ3n) is 5.80. The Bertz CT molecular complexity index is 838. The molecule has 2 heterocycles. The normalized spacial score (nSPS) is 28.5. The first kappa shape index (κ1) is 20.9. The van der Waals surface area contributed by atoms with Crippen molar-refractivity contribution in [2.45, 2.75) is 31.3 Å². The Balaban J connectivity index is 2.02. The van der Waals surface area contributed by atoms with Crippen LogP contribution < -0.4 is 5.32 Å². The van der Waals surface area contributed by atoms with Gasteiger partial charge in [-0.3, -0.25) is 24.6 Å². The number of carbonyl (C=O) groups excluding carboxylic acids is 3. The predicted octanol–water partition coefficient (Wildman–Crippen LogP) is 0.335. The molecule has 0 bridgehead atoms. The molecular formula is C20H24N2O7. The van der Waals surface area contributed by atoms with Gasteiger partial charge in [0.1, 0.15) is 0 Å². The molecule has 4 unspecified atom stereocenters. The summed E-state index contributed by atoms with van der Waals surface area (Å²) in [7, 11) is 1.26. The number of esters is 1. The highest BCUT2D eigenvalue weighted by molar-refractivity contribution is 6.09. The zero-order valence-corrected chi connectivity index (χ0v) is 16.3. The Morgan fingerprint density at radius 2 is 1.86 bits per heavy atom. The van der Waals surface area contributed by atoms with Crippen LogP contribution in [0.3, 0.4) is 0 Å². The molecule has 0 aromatic heterocycles. The number of benzene rings is 1. The number of ether oxygens (including phenoxy) is 1. The van der Waals surface area contributed by atoms with Crippen LogP contribution in [0.15, 0.2) is 24.3 Å². The van der Waals surface area contributed by atoms with Gasteiger partial charge in [0.2, 0.25) is 11.8 Å². The number of aliphatic hydroxyl groups excluding tert-OH is 1. The lowest BCUT2D eigenvalue weighted by atomic mass is 9.79. The molecule has 0 spiro atoms. The molecule has 3 N–H and O–H groups in total. The number of unbranched alkanes of at least 4 members (excludes halogenated alkanes) is 1. The second-order valence-corrected chi connectivity index (χ2v) is 7.36. The quantitative estimate of drug-likeness (QED) is 0.438. The largest absolute Gasteiger partial charge is 0.480 e. The number of hydrogen-bond acceptors (Lipinski definition) is 7. The van der Waals surface area contributed by atoms with Crippen molar-refractivity contribution in [2.24, 2.45) is 11.8 Å². The number of carbonyl (C=O) groups is 4. The Hall–Kier alpha value is -2.78. The predicted molar refractivity (Wildman–Crippen MR) is 99.7 cm³/mol. The van der Waals surface area contributed by atoms with E-state index in [1.807, 2.05) is 6.92 Å². The van der Waals surface area contributed by atoms with E-state index < -0.39 is 53.8 Å². The highest BCUT2D eigenvalue weighted by Crippen LogP contribution is 2.48. The third-order valence-corrected chi connectivity index (χ3v) is 5.80. The lowest BCUT2D eigenvalue weighted by Crippen LogP contribution is -2.58.